The molecule has 1 heterocycles. The minimum Gasteiger partial charge on any atom is -0.393 e. The van der Waals surface area contributed by atoms with E-state index in [1.54, 1.807) is 0 Å². The van der Waals surface area contributed by atoms with Gasteiger partial charge in [0.25, 0.3) is 5.91 Å². The molecule has 8 nitrogen and oxygen atoms in total. The second kappa shape index (κ2) is 9.80. The number of carbonyl (C=O) groups is 1. The number of aliphatic hydroxyl groups is 2. The lowest BCUT2D eigenvalue weighted by molar-refractivity contribution is -0.111. The molecular formula is C21H23F2N3O5S. The molecule has 1 aliphatic rings. The number of hydrogen-bond donors (Lipinski definition) is 3. The fourth-order valence-corrected chi connectivity index (χ4v) is 4.01. The quantitative estimate of drug-likeness (QED) is 0.531. The molecule has 0 spiro atoms. The summed E-state index contributed by atoms with van der Waals surface area (Å²) in [7, 11) is -3.44. The van der Waals surface area contributed by atoms with Crippen molar-refractivity contribution < 1.29 is 32.2 Å². The summed E-state index contributed by atoms with van der Waals surface area (Å²) in [5.41, 5.74) is 0.595. The SMILES string of the molecule is CS(=O)(=O)c1ccc(/C(=C\C2C[C@@H](F)[C@@H](F)C2)C(=O)Nc2cnc([C@@H](O)CO)cn2)cc1. The number of benzene rings is 1. The van der Waals surface area contributed by atoms with Crippen LogP contribution < -0.4 is 5.32 Å². The standard InChI is InChI=1S/C21H23F2N3O5S/c1-32(30,31)14-4-2-13(3-5-14)15(6-12-7-16(22)17(23)8-12)21(29)26-20-10-24-18(9-25-20)19(28)11-27/h2-6,9-10,12,16-17,19,27-28H,7-8,11H2,1H3,(H,25,26,29)/b15-6+/t12?,16-,17+,19-/m0/s1. The first kappa shape index (κ1) is 23.9. The van der Waals surface area contributed by atoms with Gasteiger partial charge in [-0.1, -0.05) is 18.2 Å². The predicted molar refractivity (Wildman–Crippen MR) is 113 cm³/mol. The van der Waals surface area contributed by atoms with Crippen LogP contribution in [0.2, 0.25) is 0 Å². The molecule has 3 N–H and O–H groups in total. The lowest BCUT2D eigenvalue weighted by Gasteiger charge is -2.13. The number of aliphatic hydroxyl groups excluding tert-OH is 2. The van der Waals surface area contributed by atoms with Crippen LogP contribution in [0.15, 0.2) is 47.6 Å². The summed E-state index contributed by atoms with van der Waals surface area (Å²) in [6.45, 7) is -0.538. The Morgan fingerprint density at radius 1 is 1.19 bits per heavy atom. The van der Waals surface area contributed by atoms with Crippen molar-refractivity contribution in [3.63, 3.8) is 0 Å². The molecule has 1 aromatic carbocycles. The molecule has 1 unspecified atom stereocenters. The molecule has 1 amide bonds. The zero-order valence-electron chi connectivity index (χ0n) is 17.1. The number of nitrogens with zero attached hydrogens (tertiary/aromatic N) is 2. The van der Waals surface area contributed by atoms with E-state index in [4.69, 9.17) is 5.11 Å². The molecule has 0 bridgehead atoms. The minimum atomic E-state index is -3.44. The normalized spacial score (nSPS) is 22.5. The molecule has 0 saturated heterocycles. The zero-order chi connectivity index (χ0) is 23.5. The van der Waals surface area contributed by atoms with Crippen molar-refractivity contribution in [3.05, 3.63) is 54.0 Å². The Morgan fingerprint density at radius 2 is 1.81 bits per heavy atom. The van der Waals surface area contributed by atoms with E-state index in [1.807, 2.05) is 0 Å². The van der Waals surface area contributed by atoms with Gasteiger partial charge >= 0.3 is 0 Å². The molecule has 2 aromatic rings. The predicted octanol–water partition coefficient (Wildman–Crippen LogP) is 2.01. The highest BCUT2D eigenvalue weighted by atomic mass is 32.2. The van der Waals surface area contributed by atoms with Gasteiger partial charge < -0.3 is 15.5 Å². The zero-order valence-corrected chi connectivity index (χ0v) is 18.0. The van der Waals surface area contributed by atoms with Crippen LogP contribution >= 0.6 is 0 Å². The van der Waals surface area contributed by atoms with Gasteiger partial charge in [-0.2, -0.15) is 0 Å². The molecule has 1 aliphatic carbocycles. The van der Waals surface area contributed by atoms with Crippen molar-refractivity contribution >= 4 is 27.1 Å². The average Bonchev–Trinajstić information content (AvgIpc) is 3.08. The molecule has 1 aromatic heterocycles. The van der Waals surface area contributed by atoms with Crippen LogP contribution in [0.1, 0.15) is 30.2 Å². The van der Waals surface area contributed by atoms with Gasteiger partial charge in [0, 0.05) is 11.8 Å². The highest BCUT2D eigenvalue weighted by molar-refractivity contribution is 7.90. The Morgan fingerprint density at radius 3 is 2.31 bits per heavy atom. The lowest BCUT2D eigenvalue weighted by atomic mass is 9.98. The van der Waals surface area contributed by atoms with Gasteiger partial charge in [0.15, 0.2) is 15.7 Å². The summed E-state index contributed by atoms with van der Waals surface area (Å²) < 4.78 is 50.7. The number of anilines is 1. The van der Waals surface area contributed by atoms with Gasteiger partial charge in [-0.15, -0.1) is 0 Å². The van der Waals surface area contributed by atoms with E-state index < -0.39 is 46.7 Å². The number of halogens is 2. The van der Waals surface area contributed by atoms with E-state index in [0.717, 1.165) is 6.26 Å². The van der Waals surface area contributed by atoms with Crippen molar-refractivity contribution in [2.45, 2.75) is 36.2 Å². The van der Waals surface area contributed by atoms with Crippen molar-refractivity contribution in [3.8, 4) is 0 Å². The number of rotatable bonds is 7. The Labute approximate surface area is 184 Å². The first-order valence-corrected chi connectivity index (χ1v) is 11.7. The third-order valence-electron chi connectivity index (χ3n) is 5.12. The Hall–Kier alpha value is -2.76. The van der Waals surface area contributed by atoms with Crippen LogP contribution in [0, 0.1) is 5.92 Å². The third-order valence-corrected chi connectivity index (χ3v) is 6.24. The number of carbonyl (C=O) groups excluding carboxylic acids is 1. The van der Waals surface area contributed by atoms with Crippen LogP contribution in [-0.4, -0.2) is 59.7 Å². The van der Waals surface area contributed by atoms with Crippen LogP contribution in [0.3, 0.4) is 0 Å². The Balaban J connectivity index is 1.89. The van der Waals surface area contributed by atoms with Gasteiger partial charge in [0.05, 0.1) is 29.6 Å². The summed E-state index contributed by atoms with van der Waals surface area (Å²) in [5, 5.41) is 21.1. The molecule has 0 aliphatic heterocycles. The monoisotopic (exact) mass is 467 g/mol. The highest BCUT2D eigenvalue weighted by Crippen LogP contribution is 2.34. The number of hydrogen-bond acceptors (Lipinski definition) is 7. The topological polar surface area (TPSA) is 129 Å². The largest absolute Gasteiger partial charge is 0.393 e. The van der Waals surface area contributed by atoms with Crippen LogP contribution in [0.25, 0.3) is 5.57 Å². The number of alkyl halides is 2. The molecule has 0 radical (unpaired) electrons. The number of sulfone groups is 1. The smallest absolute Gasteiger partial charge is 0.257 e. The minimum absolute atomic E-state index is 0.0562. The summed E-state index contributed by atoms with van der Waals surface area (Å²) in [4.78, 5) is 20.9. The van der Waals surface area contributed by atoms with Crippen LogP contribution in [0.4, 0.5) is 14.6 Å². The molecule has 4 atom stereocenters. The Bertz CT molecular complexity index is 1080. The first-order valence-electron chi connectivity index (χ1n) is 9.81. The number of allylic oxidation sites excluding steroid dienone is 1. The van der Waals surface area contributed by atoms with Gasteiger partial charge in [-0.05, 0) is 36.5 Å². The molecule has 172 valence electrons. The van der Waals surface area contributed by atoms with Crippen molar-refractivity contribution in [1.29, 1.82) is 0 Å². The number of amides is 1. The fourth-order valence-electron chi connectivity index (χ4n) is 3.38. The van der Waals surface area contributed by atoms with E-state index in [1.165, 1.54) is 42.7 Å². The fraction of sp³-hybridized carbons (Fsp3) is 0.381. The van der Waals surface area contributed by atoms with Crippen molar-refractivity contribution in [2.24, 2.45) is 5.92 Å². The lowest BCUT2D eigenvalue weighted by Crippen LogP contribution is -2.16. The second-order valence-corrected chi connectivity index (χ2v) is 9.64. The van der Waals surface area contributed by atoms with E-state index in [9.17, 15) is 27.1 Å². The van der Waals surface area contributed by atoms with Crippen LogP contribution in [-0.2, 0) is 14.6 Å². The maximum absolute atomic E-state index is 13.7. The van der Waals surface area contributed by atoms with Gasteiger partial charge in [-0.25, -0.2) is 22.2 Å². The van der Waals surface area contributed by atoms with Gasteiger partial charge in [0.1, 0.15) is 18.4 Å². The first-order chi connectivity index (χ1) is 15.1. The molecule has 11 heteroatoms. The number of nitrogens with one attached hydrogen (secondary N) is 1. The van der Waals surface area contributed by atoms with E-state index >= 15 is 0 Å². The van der Waals surface area contributed by atoms with Gasteiger partial charge in [0.2, 0.25) is 0 Å². The van der Waals surface area contributed by atoms with E-state index in [0.29, 0.717) is 5.56 Å². The van der Waals surface area contributed by atoms with Gasteiger partial charge in [-0.3, -0.25) is 9.78 Å². The maximum Gasteiger partial charge on any atom is 0.257 e. The van der Waals surface area contributed by atoms with E-state index in [2.05, 4.69) is 15.3 Å². The second-order valence-electron chi connectivity index (χ2n) is 7.62. The maximum atomic E-state index is 13.7. The molecule has 32 heavy (non-hydrogen) atoms. The molecule has 1 fully saturated rings. The molecule has 3 rings (SSSR count). The van der Waals surface area contributed by atoms with Crippen molar-refractivity contribution in [2.75, 3.05) is 18.2 Å². The van der Waals surface area contributed by atoms with Crippen molar-refractivity contribution in [1.82, 2.24) is 9.97 Å². The summed E-state index contributed by atoms with van der Waals surface area (Å²) in [5.74, 6) is -1.08. The molecular weight excluding hydrogens is 444 g/mol. The third kappa shape index (κ3) is 5.72. The highest BCUT2D eigenvalue weighted by Gasteiger charge is 2.34. The van der Waals surface area contributed by atoms with Crippen LogP contribution in [0.5, 0.6) is 0 Å². The molecule has 1 saturated carbocycles. The summed E-state index contributed by atoms with van der Waals surface area (Å²) >= 11 is 0. The van der Waals surface area contributed by atoms with E-state index in [-0.39, 0.29) is 34.8 Å². The Kier molecular flexibility index (Phi) is 7.32. The summed E-state index contributed by atoms with van der Waals surface area (Å²) in [6.07, 6.45) is 0.381. The average molecular weight is 467 g/mol. The summed E-state index contributed by atoms with van der Waals surface area (Å²) in [6, 6.07) is 5.59. The number of aromatic nitrogens is 2.